The Balaban J connectivity index is 2.03. The number of carbonyl (C=O) groups excluding carboxylic acids is 2. The molecule has 144 valence electrons. The fourth-order valence-electron chi connectivity index (χ4n) is 2.58. The van der Waals surface area contributed by atoms with Gasteiger partial charge in [0.25, 0.3) is 11.8 Å². The number of carbonyl (C=O) groups is 2. The minimum Gasteiger partial charge on any atom is -0.383 e. The Morgan fingerprint density at radius 2 is 1.63 bits per heavy atom. The van der Waals surface area contributed by atoms with Gasteiger partial charge in [0.1, 0.15) is 11.4 Å². The van der Waals surface area contributed by atoms with Crippen LogP contribution >= 0.6 is 0 Å². The van der Waals surface area contributed by atoms with Crippen LogP contribution in [-0.4, -0.2) is 50.1 Å². The van der Waals surface area contributed by atoms with Crippen LogP contribution < -0.4 is 15.5 Å². The van der Waals surface area contributed by atoms with E-state index in [0.717, 1.165) is 18.8 Å². The highest BCUT2D eigenvalue weighted by atomic mass is 16.5. The zero-order chi connectivity index (χ0) is 19.6. The van der Waals surface area contributed by atoms with E-state index >= 15 is 0 Å². The van der Waals surface area contributed by atoms with Gasteiger partial charge in [-0.3, -0.25) is 9.59 Å². The summed E-state index contributed by atoms with van der Waals surface area (Å²) < 4.78 is 4.89. The van der Waals surface area contributed by atoms with Crippen LogP contribution in [-0.2, 0) is 4.74 Å². The number of hydrogen-bond donors (Lipinski definition) is 2. The van der Waals surface area contributed by atoms with Crippen molar-refractivity contribution in [1.29, 1.82) is 0 Å². The molecule has 1 aromatic heterocycles. The van der Waals surface area contributed by atoms with Gasteiger partial charge in [-0.1, -0.05) is 6.07 Å². The van der Waals surface area contributed by atoms with Crippen molar-refractivity contribution in [2.24, 2.45) is 0 Å². The van der Waals surface area contributed by atoms with Crippen molar-refractivity contribution >= 4 is 23.2 Å². The minimum atomic E-state index is -0.364. The zero-order valence-corrected chi connectivity index (χ0v) is 16.0. The SMILES string of the molecule is CCN(CC)c1ccc(NC(=O)c2cccc(C(=O)NCCOC)n2)cc1. The first-order valence-electron chi connectivity index (χ1n) is 8.99. The molecule has 7 nitrogen and oxygen atoms in total. The molecule has 0 fully saturated rings. The van der Waals surface area contributed by atoms with Crippen LogP contribution in [0.5, 0.6) is 0 Å². The number of nitrogens with one attached hydrogen (secondary N) is 2. The lowest BCUT2D eigenvalue weighted by atomic mass is 10.2. The normalized spacial score (nSPS) is 10.3. The summed E-state index contributed by atoms with van der Waals surface area (Å²) in [7, 11) is 1.56. The van der Waals surface area contributed by atoms with Gasteiger partial charge in [-0.05, 0) is 50.2 Å². The van der Waals surface area contributed by atoms with E-state index in [1.165, 1.54) is 0 Å². The monoisotopic (exact) mass is 370 g/mol. The van der Waals surface area contributed by atoms with Gasteiger partial charge < -0.3 is 20.3 Å². The fraction of sp³-hybridized carbons (Fsp3) is 0.350. The molecule has 0 saturated heterocycles. The number of aromatic nitrogens is 1. The highest BCUT2D eigenvalue weighted by Crippen LogP contribution is 2.18. The summed E-state index contributed by atoms with van der Waals surface area (Å²) in [6, 6.07) is 12.4. The molecule has 2 aromatic rings. The second kappa shape index (κ2) is 10.3. The molecule has 0 atom stereocenters. The Hall–Kier alpha value is -2.93. The molecule has 2 rings (SSSR count). The van der Waals surface area contributed by atoms with Gasteiger partial charge in [0.15, 0.2) is 0 Å². The number of rotatable bonds is 9. The van der Waals surface area contributed by atoms with Crippen molar-refractivity contribution in [2.45, 2.75) is 13.8 Å². The van der Waals surface area contributed by atoms with E-state index in [1.54, 1.807) is 25.3 Å². The number of anilines is 2. The Morgan fingerprint density at radius 1 is 1.00 bits per heavy atom. The lowest BCUT2D eigenvalue weighted by Gasteiger charge is -2.21. The fourth-order valence-corrected chi connectivity index (χ4v) is 2.58. The van der Waals surface area contributed by atoms with E-state index in [4.69, 9.17) is 4.74 Å². The Labute approximate surface area is 159 Å². The van der Waals surface area contributed by atoms with E-state index in [0.29, 0.717) is 18.8 Å². The molecular formula is C20H26N4O3. The second-order valence-electron chi connectivity index (χ2n) is 5.83. The Kier molecular flexibility index (Phi) is 7.76. The topological polar surface area (TPSA) is 83.6 Å². The van der Waals surface area contributed by atoms with Gasteiger partial charge >= 0.3 is 0 Å². The molecule has 0 aliphatic heterocycles. The van der Waals surface area contributed by atoms with Crippen LogP contribution in [0.3, 0.4) is 0 Å². The summed E-state index contributed by atoms with van der Waals surface area (Å²) in [5.74, 6) is -0.706. The van der Waals surface area contributed by atoms with Crippen molar-refractivity contribution < 1.29 is 14.3 Å². The van der Waals surface area contributed by atoms with E-state index < -0.39 is 0 Å². The molecule has 0 radical (unpaired) electrons. The number of benzene rings is 1. The first kappa shape index (κ1) is 20.4. The van der Waals surface area contributed by atoms with Crippen molar-refractivity contribution in [2.75, 3.05) is 43.6 Å². The summed E-state index contributed by atoms with van der Waals surface area (Å²) >= 11 is 0. The van der Waals surface area contributed by atoms with Gasteiger partial charge in [-0.2, -0.15) is 0 Å². The van der Waals surface area contributed by atoms with Crippen LogP contribution in [0.15, 0.2) is 42.5 Å². The highest BCUT2D eigenvalue weighted by Gasteiger charge is 2.12. The predicted molar refractivity (Wildman–Crippen MR) is 106 cm³/mol. The molecule has 0 bridgehead atoms. The smallest absolute Gasteiger partial charge is 0.274 e. The predicted octanol–water partition coefficient (Wildman–Crippen LogP) is 2.56. The lowest BCUT2D eigenvalue weighted by molar-refractivity contribution is 0.0932. The first-order valence-corrected chi connectivity index (χ1v) is 8.99. The molecule has 0 aliphatic rings. The summed E-state index contributed by atoms with van der Waals surface area (Å²) in [6.45, 7) is 6.84. The molecule has 0 saturated carbocycles. The minimum absolute atomic E-state index is 0.183. The summed E-state index contributed by atoms with van der Waals surface area (Å²) in [5.41, 5.74) is 2.15. The number of nitrogens with zero attached hydrogens (tertiary/aromatic N) is 2. The van der Waals surface area contributed by atoms with Crippen LogP contribution in [0.2, 0.25) is 0 Å². The standard InChI is InChI=1S/C20H26N4O3/c1-4-24(5-2)16-11-9-15(10-12-16)22-20(26)18-8-6-7-17(23-18)19(25)21-13-14-27-3/h6-12H,4-5,13-14H2,1-3H3,(H,21,25)(H,22,26). The van der Waals surface area contributed by atoms with Crippen LogP contribution in [0, 0.1) is 0 Å². The average molecular weight is 370 g/mol. The van der Waals surface area contributed by atoms with E-state index in [-0.39, 0.29) is 23.2 Å². The van der Waals surface area contributed by atoms with E-state index in [9.17, 15) is 9.59 Å². The molecule has 7 heteroatoms. The number of methoxy groups -OCH3 is 1. The number of hydrogen-bond acceptors (Lipinski definition) is 5. The van der Waals surface area contributed by atoms with E-state index in [1.807, 2.05) is 24.3 Å². The molecule has 1 heterocycles. The second-order valence-corrected chi connectivity index (χ2v) is 5.83. The number of ether oxygens (including phenoxy) is 1. The summed E-state index contributed by atoms with van der Waals surface area (Å²) in [5, 5.41) is 5.49. The highest BCUT2D eigenvalue weighted by molar-refractivity contribution is 6.03. The van der Waals surface area contributed by atoms with Gasteiger partial charge in [0.2, 0.25) is 0 Å². The van der Waals surface area contributed by atoms with Crippen molar-refractivity contribution in [3.8, 4) is 0 Å². The molecule has 2 N–H and O–H groups in total. The maximum atomic E-state index is 12.4. The van der Waals surface area contributed by atoms with Crippen LogP contribution in [0.25, 0.3) is 0 Å². The Bertz CT molecular complexity index is 758. The largest absolute Gasteiger partial charge is 0.383 e. The third-order valence-corrected chi connectivity index (χ3v) is 4.06. The quantitative estimate of drug-likeness (QED) is 0.663. The maximum absolute atomic E-state index is 12.4. The maximum Gasteiger partial charge on any atom is 0.274 e. The third-order valence-electron chi connectivity index (χ3n) is 4.06. The van der Waals surface area contributed by atoms with Gasteiger partial charge in [0, 0.05) is 38.1 Å². The summed E-state index contributed by atoms with van der Waals surface area (Å²) in [4.78, 5) is 30.9. The van der Waals surface area contributed by atoms with Crippen molar-refractivity contribution in [3.05, 3.63) is 53.9 Å². The zero-order valence-electron chi connectivity index (χ0n) is 16.0. The third kappa shape index (κ3) is 5.79. The number of amides is 2. The van der Waals surface area contributed by atoms with Gasteiger partial charge in [0.05, 0.1) is 6.61 Å². The molecule has 27 heavy (non-hydrogen) atoms. The Morgan fingerprint density at radius 3 is 2.22 bits per heavy atom. The average Bonchev–Trinajstić information content (AvgIpc) is 2.70. The summed E-state index contributed by atoms with van der Waals surface area (Å²) in [6.07, 6.45) is 0. The molecular weight excluding hydrogens is 344 g/mol. The van der Waals surface area contributed by atoms with Gasteiger partial charge in [-0.15, -0.1) is 0 Å². The lowest BCUT2D eigenvalue weighted by Crippen LogP contribution is -2.28. The van der Waals surface area contributed by atoms with Crippen LogP contribution in [0.1, 0.15) is 34.8 Å². The van der Waals surface area contributed by atoms with Gasteiger partial charge in [-0.25, -0.2) is 4.98 Å². The molecule has 1 aromatic carbocycles. The first-order chi connectivity index (χ1) is 13.1. The molecule has 0 spiro atoms. The molecule has 2 amide bonds. The van der Waals surface area contributed by atoms with Crippen molar-refractivity contribution in [3.63, 3.8) is 0 Å². The number of pyridine rings is 1. The van der Waals surface area contributed by atoms with Crippen molar-refractivity contribution in [1.82, 2.24) is 10.3 Å². The van der Waals surface area contributed by atoms with Crippen LogP contribution in [0.4, 0.5) is 11.4 Å². The molecule has 0 aliphatic carbocycles. The molecule has 0 unspecified atom stereocenters. The van der Waals surface area contributed by atoms with E-state index in [2.05, 4.69) is 34.4 Å².